The van der Waals surface area contributed by atoms with Crippen molar-refractivity contribution >= 4 is 11.6 Å². The van der Waals surface area contributed by atoms with E-state index in [1.165, 1.54) is 0 Å². The van der Waals surface area contributed by atoms with Gasteiger partial charge in [-0.05, 0) is 6.42 Å². The minimum absolute atomic E-state index is 0.150. The van der Waals surface area contributed by atoms with Gasteiger partial charge in [-0.3, -0.25) is 0 Å². The first-order valence-corrected chi connectivity index (χ1v) is 3.65. The molecule has 0 rings (SSSR count). The molecule has 0 aromatic heterocycles. The molecule has 9 heavy (non-hydrogen) atoms. The van der Waals surface area contributed by atoms with E-state index in [1.54, 1.807) is 0 Å². The van der Waals surface area contributed by atoms with Crippen molar-refractivity contribution < 1.29 is 4.39 Å². The molecule has 0 bridgehead atoms. The first-order valence-electron chi connectivity index (χ1n) is 3.22. The van der Waals surface area contributed by atoms with Gasteiger partial charge >= 0.3 is 0 Å². The van der Waals surface area contributed by atoms with E-state index in [0.29, 0.717) is 13.1 Å². The number of hydrogen-bond donors (Lipinski definition) is 1. The molecular formula is C6H13ClFN. The maximum atomic E-state index is 11.4. The first-order chi connectivity index (χ1) is 4.31. The van der Waals surface area contributed by atoms with Gasteiger partial charge in [0.05, 0.1) is 0 Å². The molecule has 0 aliphatic heterocycles. The highest BCUT2D eigenvalue weighted by atomic mass is 35.5. The van der Waals surface area contributed by atoms with Gasteiger partial charge in [0.1, 0.15) is 6.67 Å². The van der Waals surface area contributed by atoms with Gasteiger partial charge in [-0.1, -0.05) is 6.92 Å². The van der Waals surface area contributed by atoms with Gasteiger partial charge in [0.2, 0.25) is 0 Å². The fourth-order valence-electron chi connectivity index (χ4n) is 0.470. The third kappa shape index (κ3) is 6.06. The van der Waals surface area contributed by atoms with Gasteiger partial charge in [0.25, 0.3) is 0 Å². The summed E-state index contributed by atoms with van der Waals surface area (Å²) < 4.78 is 11.4. The zero-order chi connectivity index (χ0) is 7.11. The third-order valence-electron chi connectivity index (χ3n) is 1.08. The molecule has 0 aliphatic rings. The van der Waals surface area contributed by atoms with Crippen molar-refractivity contribution in [1.29, 1.82) is 0 Å². The molecule has 1 atom stereocenters. The number of hydrogen-bond acceptors (Lipinski definition) is 1. The molecule has 1 N–H and O–H groups in total. The van der Waals surface area contributed by atoms with Crippen LogP contribution in [-0.4, -0.2) is 25.1 Å². The number of alkyl halides is 2. The highest BCUT2D eigenvalue weighted by molar-refractivity contribution is 6.20. The Bertz CT molecular complexity index is 61.0. The van der Waals surface area contributed by atoms with E-state index in [9.17, 15) is 4.39 Å². The maximum Gasteiger partial charge on any atom is 0.102 e. The van der Waals surface area contributed by atoms with Crippen molar-refractivity contribution in [3.63, 3.8) is 0 Å². The lowest BCUT2D eigenvalue weighted by molar-refractivity contribution is 0.465. The lowest BCUT2D eigenvalue weighted by Crippen LogP contribution is -2.24. The van der Waals surface area contributed by atoms with E-state index in [-0.39, 0.29) is 12.1 Å². The Morgan fingerprint density at radius 1 is 1.67 bits per heavy atom. The van der Waals surface area contributed by atoms with E-state index in [0.717, 1.165) is 6.42 Å². The second-order valence-electron chi connectivity index (χ2n) is 1.90. The van der Waals surface area contributed by atoms with Crippen LogP contribution in [0.15, 0.2) is 0 Å². The van der Waals surface area contributed by atoms with Crippen LogP contribution in [0.5, 0.6) is 0 Å². The first kappa shape index (κ1) is 9.18. The molecule has 0 radical (unpaired) electrons. The molecule has 0 aromatic carbocycles. The predicted octanol–water partition coefficient (Wildman–Crippen LogP) is 1.56. The molecule has 0 spiro atoms. The third-order valence-corrected chi connectivity index (χ3v) is 1.54. The predicted molar refractivity (Wildman–Crippen MR) is 38.8 cm³/mol. The normalized spacial score (nSPS) is 13.7. The summed E-state index contributed by atoms with van der Waals surface area (Å²) in [5.41, 5.74) is 0. The van der Waals surface area contributed by atoms with Crippen LogP contribution in [0.25, 0.3) is 0 Å². The molecule has 0 saturated carbocycles. The molecule has 0 amide bonds. The van der Waals surface area contributed by atoms with Crippen molar-refractivity contribution in [3.8, 4) is 0 Å². The molecule has 0 saturated heterocycles. The lowest BCUT2D eigenvalue weighted by Gasteiger charge is -2.05. The maximum absolute atomic E-state index is 11.4. The van der Waals surface area contributed by atoms with Crippen LogP contribution in [0.4, 0.5) is 4.39 Å². The van der Waals surface area contributed by atoms with E-state index >= 15 is 0 Å². The molecule has 0 heterocycles. The van der Waals surface area contributed by atoms with Crippen LogP contribution in [0.3, 0.4) is 0 Å². The van der Waals surface area contributed by atoms with E-state index < -0.39 is 0 Å². The zero-order valence-electron chi connectivity index (χ0n) is 5.66. The van der Waals surface area contributed by atoms with Gasteiger partial charge in [0.15, 0.2) is 0 Å². The summed E-state index contributed by atoms with van der Waals surface area (Å²) in [7, 11) is 0. The largest absolute Gasteiger partial charge is 0.313 e. The Balaban J connectivity index is 2.88. The van der Waals surface area contributed by atoms with Gasteiger partial charge in [-0.25, -0.2) is 4.39 Å². The minimum atomic E-state index is -0.312. The van der Waals surface area contributed by atoms with Crippen LogP contribution in [0.1, 0.15) is 13.3 Å². The van der Waals surface area contributed by atoms with Gasteiger partial charge in [-0.15, -0.1) is 11.6 Å². The summed E-state index contributed by atoms with van der Waals surface area (Å²) >= 11 is 5.72. The summed E-state index contributed by atoms with van der Waals surface area (Å²) in [6, 6.07) is 0. The highest BCUT2D eigenvalue weighted by Crippen LogP contribution is 1.97. The molecular weight excluding hydrogens is 141 g/mol. The Hall–Kier alpha value is 0.180. The van der Waals surface area contributed by atoms with Crippen LogP contribution in [-0.2, 0) is 0 Å². The highest BCUT2D eigenvalue weighted by Gasteiger charge is 1.97. The molecule has 56 valence electrons. The Morgan fingerprint density at radius 3 is 2.78 bits per heavy atom. The fourth-order valence-corrected chi connectivity index (χ4v) is 0.579. The van der Waals surface area contributed by atoms with Crippen molar-refractivity contribution in [2.45, 2.75) is 18.7 Å². The number of rotatable bonds is 5. The summed E-state index contributed by atoms with van der Waals surface area (Å²) in [6.07, 6.45) is 0.931. The van der Waals surface area contributed by atoms with Crippen LogP contribution >= 0.6 is 11.6 Å². The smallest absolute Gasteiger partial charge is 0.102 e. The summed E-state index contributed by atoms with van der Waals surface area (Å²) in [5.74, 6) is 0. The van der Waals surface area contributed by atoms with Crippen molar-refractivity contribution in [2.75, 3.05) is 19.8 Å². The molecule has 0 aromatic rings. The average molecular weight is 154 g/mol. The van der Waals surface area contributed by atoms with Gasteiger partial charge in [0, 0.05) is 18.5 Å². The van der Waals surface area contributed by atoms with Crippen LogP contribution in [0, 0.1) is 0 Å². The Labute approximate surface area is 60.6 Å². The van der Waals surface area contributed by atoms with Gasteiger partial charge in [-0.2, -0.15) is 0 Å². The second kappa shape index (κ2) is 6.30. The SMILES string of the molecule is CCC(Cl)CNCCF. The zero-order valence-corrected chi connectivity index (χ0v) is 6.42. The monoisotopic (exact) mass is 153 g/mol. The van der Waals surface area contributed by atoms with E-state index in [1.807, 2.05) is 6.92 Å². The van der Waals surface area contributed by atoms with Crippen molar-refractivity contribution in [1.82, 2.24) is 5.32 Å². The van der Waals surface area contributed by atoms with E-state index in [4.69, 9.17) is 11.6 Å². The van der Waals surface area contributed by atoms with Gasteiger partial charge < -0.3 is 5.32 Å². The molecule has 0 aliphatic carbocycles. The van der Waals surface area contributed by atoms with Crippen LogP contribution < -0.4 is 5.32 Å². The van der Waals surface area contributed by atoms with Crippen LogP contribution in [0.2, 0.25) is 0 Å². The topological polar surface area (TPSA) is 12.0 Å². The standard InChI is InChI=1S/C6H13ClFN/c1-2-6(7)5-9-4-3-8/h6,9H,2-5H2,1H3. The molecule has 3 heteroatoms. The minimum Gasteiger partial charge on any atom is -0.313 e. The summed E-state index contributed by atoms with van der Waals surface area (Å²) in [6.45, 7) is 2.83. The average Bonchev–Trinajstić information content (AvgIpc) is 1.89. The van der Waals surface area contributed by atoms with Crippen molar-refractivity contribution in [3.05, 3.63) is 0 Å². The molecule has 0 fully saturated rings. The quantitative estimate of drug-likeness (QED) is 0.467. The number of halogens is 2. The molecule has 1 unspecified atom stereocenters. The Morgan fingerprint density at radius 2 is 2.33 bits per heavy atom. The van der Waals surface area contributed by atoms with Crippen molar-refractivity contribution in [2.24, 2.45) is 0 Å². The fraction of sp³-hybridized carbons (Fsp3) is 1.00. The van der Waals surface area contributed by atoms with E-state index in [2.05, 4.69) is 5.32 Å². The Kier molecular flexibility index (Phi) is 6.43. The second-order valence-corrected chi connectivity index (χ2v) is 2.52. The lowest BCUT2D eigenvalue weighted by atomic mass is 10.3. The molecule has 1 nitrogen and oxygen atoms in total. The summed E-state index contributed by atoms with van der Waals surface area (Å²) in [4.78, 5) is 0. The number of nitrogens with one attached hydrogen (secondary N) is 1. The summed E-state index contributed by atoms with van der Waals surface area (Å²) in [5, 5.41) is 3.03.